The molecule has 0 fully saturated rings. The molecule has 0 saturated heterocycles. The van der Waals surface area contributed by atoms with E-state index < -0.39 is 0 Å². The van der Waals surface area contributed by atoms with Crippen molar-refractivity contribution in [2.24, 2.45) is 0 Å². The zero-order valence-electron chi connectivity index (χ0n) is 18.4. The molecule has 0 N–H and O–H groups in total. The maximum Gasteiger partial charge on any atom is 0.159 e. The number of hydrogen-bond acceptors (Lipinski definition) is 3. The van der Waals surface area contributed by atoms with E-state index in [-0.39, 0.29) is 0 Å². The summed E-state index contributed by atoms with van der Waals surface area (Å²) >= 11 is 0. The van der Waals surface area contributed by atoms with Crippen LogP contribution < -0.4 is 4.74 Å². The molecule has 0 bridgehead atoms. The molecule has 1 aromatic carbocycles. The van der Waals surface area contributed by atoms with Gasteiger partial charge in [-0.2, -0.15) is 0 Å². The minimum atomic E-state index is 0.715. The summed E-state index contributed by atoms with van der Waals surface area (Å²) in [6.45, 7) is 5.20. The van der Waals surface area contributed by atoms with E-state index in [2.05, 4.69) is 36.0 Å². The van der Waals surface area contributed by atoms with Crippen molar-refractivity contribution < 1.29 is 4.74 Å². The molecule has 0 amide bonds. The van der Waals surface area contributed by atoms with Gasteiger partial charge in [-0.05, 0) is 61.9 Å². The molecular formula is C26H38N2O. The van der Waals surface area contributed by atoms with Crippen LogP contribution in [0.5, 0.6) is 5.75 Å². The average molecular weight is 395 g/mol. The molecule has 0 aliphatic carbocycles. The van der Waals surface area contributed by atoms with Gasteiger partial charge in [0.25, 0.3) is 0 Å². The number of ether oxygens (including phenoxy) is 1. The quantitative estimate of drug-likeness (QED) is 0.231. The van der Waals surface area contributed by atoms with Crippen LogP contribution >= 0.6 is 0 Å². The van der Waals surface area contributed by atoms with Gasteiger partial charge in [0.05, 0.1) is 6.61 Å². The van der Waals surface area contributed by atoms with Crippen LogP contribution in [0.15, 0.2) is 48.8 Å². The van der Waals surface area contributed by atoms with Gasteiger partial charge in [-0.1, -0.05) is 64.5 Å². The lowest BCUT2D eigenvalue weighted by molar-refractivity contribution is 0.325. The van der Waals surface area contributed by atoms with Gasteiger partial charge in [-0.3, -0.25) is 0 Å². The van der Waals surface area contributed by atoms with Gasteiger partial charge in [0.2, 0.25) is 0 Å². The summed E-state index contributed by atoms with van der Waals surface area (Å²) in [4.78, 5) is 9.10. The Morgan fingerprint density at radius 2 is 1.41 bits per heavy atom. The SMILES string of the molecule is CCCCC/C=C\CCOc1ccc(-c2ncc(CCCCCCC)cn2)cc1. The van der Waals surface area contributed by atoms with Gasteiger partial charge in [-0.15, -0.1) is 0 Å². The van der Waals surface area contributed by atoms with Gasteiger partial charge in [0.1, 0.15) is 5.75 Å². The largest absolute Gasteiger partial charge is 0.493 e. The number of benzene rings is 1. The summed E-state index contributed by atoms with van der Waals surface area (Å²) in [6.07, 6.45) is 22.0. The predicted molar refractivity (Wildman–Crippen MR) is 123 cm³/mol. The third kappa shape index (κ3) is 9.74. The third-order valence-electron chi connectivity index (χ3n) is 5.08. The monoisotopic (exact) mass is 394 g/mol. The van der Waals surface area contributed by atoms with Gasteiger partial charge >= 0.3 is 0 Å². The molecule has 0 unspecified atom stereocenters. The summed E-state index contributed by atoms with van der Waals surface area (Å²) in [5.41, 5.74) is 2.26. The highest BCUT2D eigenvalue weighted by atomic mass is 16.5. The van der Waals surface area contributed by atoms with E-state index in [4.69, 9.17) is 4.74 Å². The highest BCUT2D eigenvalue weighted by Crippen LogP contribution is 2.20. The second kappa shape index (κ2) is 14.8. The van der Waals surface area contributed by atoms with Crippen molar-refractivity contribution in [2.45, 2.75) is 84.5 Å². The van der Waals surface area contributed by atoms with Crippen LogP contribution in [0, 0.1) is 0 Å². The van der Waals surface area contributed by atoms with Crippen LogP contribution in [0.3, 0.4) is 0 Å². The lowest BCUT2D eigenvalue weighted by Crippen LogP contribution is -1.96. The lowest BCUT2D eigenvalue weighted by atomic mass is 10.1. The Kier molecular flexibility index (Phi) is 11.8. The molecule has 0 radical (unpaired) electrons. The molecule has 2 rings (SSSR count). The van der Waals surface area contributed by atoms with Gasteiger partial charge in [0.15, 0.2) is 5.82 Å². The maximum absolute atomic E-state index is 5.82. The van der Waals surface area contributed by atoms with Crippen molar-refractivity contribution in [3.8, 4) is 17.1 Å². The molecule has 29 heavy (non-hydrogen) atoms. The molecule has 1 aromatic heterocycles. The fourth-order valence-corrected chi connectivity index (χ4v) is 3.26. The zero-order valence-corrected chi connectivity index (χ0v) is 18.4. The summed E-state index contributed by atoms with van der Waals surface area (Å²) in [6, 6.07) is 8.09. The molecule has 0 aliphatic rings. The Hall–Kier alpha value is -2.16. The first-order valence-corrected chi connectivity index (χ1v) is 11.5. The van der Waals surface area contributed by atoms with Gasteiger partial charge in [0, 0.05) is 18.0 Å². The Balaban J connectivity index is 1.71. The molecule has 0 atom stereocenters. The topological polar surface area (TPSA) is 35.0 Å². The number of rotatable bonds is 15. The first kappa shape index (κ1) is 23.1. The number of unbranched alkanes of at least 4 members (excludes halogenated alkanes) is 7. The van der Waals surface area contributed by atoms with Gasteiger partial charge in [-0.25, -0.2) is 9.97 Å². The predicted octanol–water partition coefficient (Wildman–Crippen LogP) is 7.56. The first-order valence-electron chi connectivity index (χ1n) is 11.5. The first-order chi connectivity index (χ1) is 14.3. The van der Waals surface area contributed by atoms with Gasteiger partial charge < -0.3 is 4.74 Å². The Bertz CT molecular complexity index is 677. The maximum atomic E-state index is 5.82. The Labute approximate surface area is 177 Å². The third-order valence-corrected chi connectivity index (χ3v) is 5.08. The summed E-state index contributed by atoms with van der Waals surface area (Å²) in [5, 5.41) is 0. The molecule has 2 aromatic rings. The van der Waals surface area contributed by atoms with E-state index in [9.17, 15) is 0 Å². The normalized spacial score (nSPS) is 11.2. The second-order valence-electron chi connectivity index (χ2n) is 7.71. The minimum Gasteiger partial charge on any atom is -0.493 e. The molecule has 1 heterocycles. The lowest BCUT2D eigenvalue weighted by Gasteiger charge is -2.06. The van der Waals surface area contributed by atoms with E-state index in [0.29, 0.717) is 6.61 Å². The zero-order chi connectivity index (χ0) is 20.6. The number of hydrogen-bond donors (Lipinski definition) is 0. The molecule has 158 valence electrons. The Morgan fingerprint density at radius 1 is 0.759 bits per heavy atom. The molecular weight excluding hydrogens is 356 g/mol. The van der Waals surface area contributed by atoms with Crippen molar-refractivity contribution >= 4 is 0 Å². The van der Waals surface area contributed by atoms with Crippen LogP contribution in [0.25, 0.3) is 11.4 Å². The van der Waals surface area contributed by atoms with E-state index in [1.54, 1.807) is 0 Å². The highest BCUT2D eigenvalue weighted by molar-refractivity contribution is 5.55. The Morgan fingerprint density at radius 3 is 2.14 bits per heavy atom. The van der Waals surface area contributed by atoms with Crippen molar-refractivity contribution in [3.63, 3.8) is 0 Å². The summed E-state index contributed by atoms with van der Waals surface area (Å²) in [5.74, 6) is 1.68. The van der Waals surface area contributed by atoms with Crippen LogP contribution in [0.2, 0.25) is 0 Å². The summed E-state index contributed by atoms with van der Waals surface area (Å²) in [7, 11) is 0. The number of nitrogens with zero attached hydrogens (tertiary/aromatic N) is 2. The molecule has 0 aliphatic heterocycles. The van der Waals surface area contributed by atoms with Crippen molar-refractivity contribution in [1.82, 2.24) is 9.97 Å². The van der Waals surface area contributed by atoms with Crippen molar-refractivity contribution in [2.75, 3.05) is 6.61 Å². The van der Waals surface area contributed by atoms with Crippen molar-refractivity contribution in [3.05, 3.63) is 54.4 Å². The number of aromatic nitrogens is 2. The number of allylic oxidation sites excluding steroid dienone is 1. The van der Waals surface area contributed by atoms with E-state index in [1.807, 2.05) is 36.7 Å². The van der Waals surface area contributed by atoms with Crippen LogP contribution in [0.4, 0.5) is 0 Å². The second-order valence-corrected chi connectivity index (χ2v) is 7.71. The fourth-order valence-electron chi connectivity index (χ4n) is 3.26. The number of aryl methyl sites for hydroxylation is 1. The molecule has 0 spiro atoms. The molecule has 3 heteroatoms. The van der Waals surface area contributed by atoms with Crippen LogP contribution in [-0.2, 0) is 6.42 Å². The van der Waals surface area contributed by atoms with Crippen molar-refractivity contribution in [1.29, 1.82) is 0 Å². The molecule has 3 nitrogen and oxygen atoms in total. The summed E-state index contributed by atoms with van der Waals surface area (Å²) < 4.78 is 5.82. The smallest absolute Gasteiger partial charge is 0.159 e. The van der Waals surface area contributed by atoms with E-state index in [0.717, 1.165) is 30.0 Å². The van der Waals surface area contributed by atoms with E-state index in [1.165, 1.54) is 63.4 Å². The standard InChI is InChI=1S/C26H38N2O/c1-3-5-7-9-10-12-14-20-29-25-18-16-24(17-19-25)26-27-21-23(22-28-26)15-13-11-8-6-4-2/h10,12,16-19,21-22H,3-9,11,13-15,20H2,1-2H3/b12-10-. The van der Waals surface area contributed by atoms with Crippen LogP contribution in [-0.4, -0.2) is 16.6 Å². The minimum absolute atomic E-state index is 0.715. The molecule has 0 saturated carbocycles. The van der Waals surface area contributed by atoms with Crippen LogP contribution in [0.1, 0.15) is 83.6 Å². The van der Waals surface area contributed by atoms with E-state index >= 15 is 0 Å². The average Bonchev–Trinajstić information content (AvgIpc) is 2.76. The highest BCUT2D eigenvalue weighted by Gasteiger charge is 2.03. The fraction of sp³-hybridized carbons (Fsp3) is 0.538.